The molecule has 22 heavy (non-hydrogen) atoms. The van der Waals surface area contributed by atoms with E-state index >= 15 is 0 Å². The Labute approximate surface area is 127 Å². The number of ether oxygens (including phenoxy) is 2. The molecule has 0 radical (unpaired) electrons. The van der Waals surface area contributed by atoms with Crippen LogP contribution in [-0.4, -0.2) is 42.8 Å². The first-order chi connectivity index (χ1) is 10.6. The molecule has 0 atom stereocenters. The quantitative estimate of drug-likeness (QED) is 0.890. The molecule has 0 bridgehead atoms. The number of hydrogen-bond donors (Lipinski definition) is 1. The third-order valence-electron chi connectivity index (χ3n) is 3.53. The molecule has 1 aromatic rings. The fourth-order valence-corrected chi connectivity index (χ4v) is 2.32. The Hall–Kier alpha value is -2.57. The summed E-state index contributed by atoms with van der Waals surface area (Å²) in [5.74, 6) is 1.08. The Kier molecular flexibility index (Phi) is 3.95. The van der Waals surface area contributed by atoms with Crippen LogP contribution in [0.2, 0.25) is 0 Å². The van der Waals surface area contributed by atoms with E-state index in [0.717, 1.165) is 11.3 Å². The molecular weight excluding hydrogens is 286 g/mol. The van der Waals surface area contributed by atoms with E-state index in [4.69, 9.17) is 9.47 Å². The van der Waals surface area contributed by atoms with Gasteiger partial charge < -0.3 is 14.8 Å². The van der Waals surface area contributed by atoms with Gasteiger partial charge in [0.25, 0.3) is 5.91 Å². The van der Waals surface area contributed by atoms with Crippen LogP contribution in [0.3, 0.4) is 0 Å². The second-order valence-electron chi connectivity index (χ2n) is 5.12. The van der Waals surface area contributed by atoms with Crippen LogP contribution in [0.5, 0.6) is 11.5 Å². The van der Waals surface area contributed by atoms with Gasteiger partial charge >= 0.3 is 0 Å². The Morgan fingerprint density at radius 1 is 1.27 bits per heavy atom. The number of nitrogens with zero attached hydrogens (tertiary/aromatic N) is 2. The normalized spacial score (nSPS) is 17.0. The highest BCUT2D eigenvalue weighted by Crippen LogP contribution is 2.30. The summed E-state index contributed by atoms with van der Waals surface area (Å²) < 4.78 is 11.0. The number of nitrogens with one attached hydrogen (secondary N) is 1. The summed E-state index contributed by atoms with van der Waals surface area (Å²) in [5, 5.41) is 8.01. The molecule has 0 spiro atoms. The molecular formula is C15H17N3O4. The average Bonchev–Trinajstić information content (AvgIpc) is 2.55. The van der Waals surface area contributed by atoms with Gasteiger partial charge in [0, 0.05) is 26.4 Å². The number of rotatable bonds is 3. The molecule has 0 unspecified atom stereocenters. The summed E-state index contributed by atoms with van der Waals surface area (Å²) in [6, 6.07) is 5.57. The van der Waals surface area contributed by atoms with Gasteiger partial charge in [-0.2, -0.15) is 5.10 Å². The molecule has 1 N–H and O–H groups in total. The predicted octanol–water partition coefficient (Wildman–Crippen LogP) is 0.682. The number of amides is 2. The van der Waals surface area contributed by atoms with Gasteiger partial charge in [0.05, 0.1) is 0 Å². The summed E-state index contributed by atoms with van der Waals surface area (Å²) in [7, 11) is 1.55. The van der Waals surface area contributed by atoms with E-state index in [2.05, 4.69) is 10.4 Å². The minimum atomic E-state index is -0.255. The molecule has 2 amide bonds. The molecule has 7 heteroatoms. The second-order valence-corrected chi connectivity index (χ2v) is 5.12. The van der Waals surface area contributed by atoms with Crippen molar-refractivity contribution in [3.63, 3.8) is 0 Å². The van der Waals surface area contributed by atoms with Gasteiger partial charge in [-0.1, -0.05) is 6.07 Å². The number of hydrazone groups is 1. The summed E-state index contributed by atoms with van der Waals surface area (Å²) in [6.45, 7) is 1.45. The van der Waals surface area contributed by atoms with Crippen molar-refractivity contribution >= 4 is 17.5 Å². The Balaban J connectivity index is 1.61. The lowest BCUT2D eigenvalue weighted by Crippen LogP contribution is -2.37. The second kappa shape index (κ2) is 6.05. The molecule has 0 saturated carbocycles. The molecule has 7 nitrogen and oxygen atoms in total. The van der Waals surface area contributed by atoms with Gasteiger partial charge in [-0.3, -0.25) is 9.59 Å². The van der Waals surface area contributed by atoms with Gasteiger partial charge in [-0.25, -0.2) is 5.01 Å². The van der Waals surface area contributed by atoms with Crippen LogP contribution >= 0.6 is 0 Å². The fourth-order valence-electron chi connectivity index (χ4n) is 2.32. The van der Waals surface area contributed by atoms with Crippen LogP contribution < -0.4 is 14.8 Å². The SMILES string of the molecule is CN1N=C(C(=O)NCc2ccc3c(c2)OCCO3)CCC1=O. The minimum Gasteiger partial charge on any atom is -0.486 e. The number of carbonyl (C=O) groups excluding carboxylic acids is 2. The summed E-state index contributed by atoms with van der Waals surface area (Å²) in [6.07, 6.45) is 0.683. The zero-order valence-electron chi connectivity index (χ0n) is 12.3. The molecule has 0 aliphatic carbocycles. The van der Waals surface area contributed by atoms with E-state index in [9.17, 15) is 9.59 Å². The summed E-state index contributed by atoms with van der Waals surface area (Å²) in [5.41, 5.74) is 1.29. The zero-order chi connectivity index (χ0) is 15.5. The molecule has 0 fully saturated rings. The van der Waals surface area contributed by atoms with Crippen LogP contribution in [0.4, 0.5) is 0 Å². The maximum absolute atomic E-state index is 12.1. The third-order valence-corrected chi connectivity index (χ3v) is 3.53. The summed E-state index contributed by atoms with van der Waals surface area (Å²) >= 11 is 0. The van der Waals surface area contributed by atoms with E-state index in [0.29, 0.717) is 44.1 Å². The smallest absolute Gasteiger partial charge is 0.267 e. The lowest BCUT2D eigenvalue weighted by molar-refractivity contribution is -0.130. The highest BCUT2D eigenvalue weighted by Gasteiger charge is 2.21. The van der Waals surface area contributed by atoms with E-state index in [-0.39, 0.29) is 11.8 Å². The van der Waals surface area contributed by atoms with Crippen molar-refractivity contribution in [3.8, 4) is 11.5 Å². The van der Waals surface area contributed by atoms with Crippen molar-refractivity contribution in [2.45, 2.75) is 19.4 Å². The average molecular weight is 303 g/mol. The summed E-state index contributed by atoms with van der Waals surface area (Å²) in [4.78, 5) is 23.4. The molecule has 0 aromatic heterocycles. The Morgan fingerprint density at radius 2 is 2.05 bits per heavy atom. The Bertz CT molecular complexity index is 642. The largest absolute Gasteiger partial charge is 0.486 e. The lowest BCUT2D eigenvalue weighted by Gasteiger charge is -2.20. The first kappa shape index (κ1) is 14.4. The molecule has 116 valence electrons. The molecule has 0 saturated heterocycles. The van der Waals surface area contributed by atoms with E-state index in [1.165, 1.54) is 5.01 Å². The van der Waals surface area contributed by atoms with Crippen molar-refractivity contribution in [3.05, 3.63) is 23.8 Å². The molecule has 1 aromatic carbocycles. The van der Waals surface area contributed by atoms with Crippen LogP contribution in [0, 0.1) is 0 Å². The number of hydrogen-bond acceptors (Lipinski definition) is 5. The standard InChI is InChI=1S/C15H17N3O4/c1-18-14(19)5-3-11(17-18)15(20)16-9-10-2-4-12-13(8-10)22-7-6-21-12/h2,4,8H,3,5-7,9H2,1H3,(H,16,20). The number of benzene rings is 1. The van der Waals surface area contributed by atoms with Gasteiger partial charge in [0.15, 0.2) is 11.5 Å². The van der Waals surface area contributed by atoms with Gasteiger partial charge in [-0.05, 0) is 17.7 Å². The predicted molar refractivity (Wildman–Crippen MR) is 78.7 cm³/mol. The van der Waals surface area contributed by atoms with Crippen LogP contribution in [0.25, 0.3) is 0 Å². The highest BCUT2D eigenvalue weighted by atomic mass is 16.6. The lowest BCUT2D eigenvalue weighted by atomic mass is 10.1. The number of carbonyl (C=O) groups is 2. The molecule has 2 aliphatic rings. The zero-order valence-corrected chi connectivity index (χ0v) is 12.3. The first-order valence-corrected chi connectivity index (χ1v) is 7.14. The molecule has 3 rings (SSSR count). The van der Waals surface area contributed by atoms with Crippen molar-refractivity contribution in [2.24, 2.45) is 5.10 Å². The number of fused-ring (bicyclic) bond motifs is 1. The van der Waals surface area contributed by atoms with Crippen molar-refractivity contribution in [1.82, 2.24) is 10.3 Å². The first-order valence-electron chi connectivity index (χ1n) is 7.14. The van der Waals surface area contributed by atoms with Crippen LogP contribution in [0.15, 0.2) is 23.3 Å². The maximum atomic E-state index is 12.1. The fraction of sp³-hybridized carbons (Fsp3) is 0.400. The maximum Gasteiger partial charge on any atom is 0.267 e. The minimum absolute atomic E-state index is 0.0802. The van der Waals surface area contributed by atoms with Crippen LogP contribution in [0.1, 0.15) is 18.4 Å². The Morgan fingerprint density at radius 3 is 2.82 bits per heavy atom. The topological polar surface area (TPSA) is 80.2 Å². The van der Waals surface area contributed by atoms with Crippen molar-refractivity contribution in [2.75, 3.05) is 20.3 Å². The van der Waals surface area contributed by atoms with Crippen molar-refractivity contribution < 1.29 is 19.1 Å². The monoisotopic (exact) mass is 303 g/mol. The molecule has 2 heterocycles. The van der Waals surface area contributed by atoms with Gasteiger partial charge in [0.1, 0.15) is 18.9 Å². The molecule has 2 aliphatic heterocycles. The van der Waals surface area contributed by atoms with E-state index in [1.807, 2.05) is 18.2 Å². The van der Waals surface area contributed by atoms with Gasteiger partial charge in [0.2, 0.25) is 5.91 Å². The van der Waals surface area contributed by atoms with Crippen molar-refractivity contribution in [1.29, 1.82) is 0 Å². The van der Waals surface area contributed by atoms with Gasteiger partial charge in [-0.15, -0.1) is 0 Å². The van der Waals surface area contributed by atoms with Crippen LogP contribution in [-0.2, 0) is 16.1 Å². The third kappa shape index (κ3) is 3.03. The highest BCUT2D eigenvalue weighted by molar-refractivity contribution is 6.39. The van der Waals surface area contributed by atoms with E-state index < -0.39 is 0 Å². The van der Waals surface area contributed by atoms with E-state index in [1.54, 1.807) is 7.05 Å².